The Morgan fingerprint density at radius 3 is 2.17 bits per heavy atom. The average Bonchev–Trinajstić information content (AvgIpc) is 2.44. The number of alkyl halides is 6. The molecule has 23 heavy (non-hydrogen) atoms. The normalized spacial score (nSPS) is 11.9. The molecule has 0 atom stereocenters. The average molecular weight is 331 g/mol. The second kappa shape index (κ2) is 5.83. The van der Waals surface area contributed by atoms with Gasteiger partial charge in [-0.2, -0.15) is 18.4 Å². The van der Waals surface area contributed by atoms with Gasteiger partial charge in [-0.25, -0.2) is 0 Å². The first-order valence-electron chi connectivity index (χ1n) is 6.08. The highest BCUT2D eigenvalue weighted by atomic mass is 19.4. The van der Waals surface area contributed by atoms with Crippen molar-refractivity contribution < 1.29 is 31.1 Å². The number of rotatable bonds is 2. The zero-order valence-corrected chi connectivity index (χ0v) is 11.2. The molecule has 120 valence electrons. The fraction of sp³-hybridized carbons (Fsp3) is 0.133. The third kappa shape index (κ3) is 4.16. The third-order valence-corrected chi connectivity index (χ3v) is 2.85. The van der Waals surface area contributed by atoms with Gasteiger partial charge in [-0.05, 0) is 35.4 Å². The van der Waals surface area contributed by atoms with E-state index in [1.807, 2.05) is 0 Å². The first kappa shape index (κ1) is 16.7. The van der Waals surface area contributed by atoms with Crippen molar-refractivity contribution in [3.8, 4) is 22.9 Å². The maximum atomic E-state index is 12.6. The summed E-state index contributed by atoms with van der Waals surface area (Å²) < 4.78 is 78.3. The molecule has 0 aromatic heterocycles. The Labute approximate surface area is 126 Å². The molecule has 0 aliphatic carbocycles. The fourth-order valence-corrected chi connectivity index (χ4v) is 1.93. The fourth-order valence-electron chi connectivity index (χ4n) is 1.93. The van der Waals surface area contributed by atoms with Crippen LogP contribution >= 0.6 is 0 Å². The predicted octanol–water partition coefficient (Wildman–Crippen LogP) is 5.14. The van der Waals surface area contributed by atoms with Crippen LogP contribution in [0, 0.1) is 11.3 Å². The molecule has 0 saturated heterocycles. The van der Waals surface area contributed by atoms with Crippen molar-refractivity contribution in [2.75, 3.05) is 0 Å². The Bertz CT molecular complexity index is 758. The van der Waals surface area contributed by atoms with Crippen molar-refractivity contribution in [2.24, 2.45) is 0 Å². The lowest BCUT2D eigenvalue weighted by molar-refractivity contribution is -0.274. The summed E-state index contributed by atoms with van der Waals surface area (Å²) >= 11 is 0. The number of ether oxygens (including phenoxy) is 1. The highest BCUT2D eigenvalue weighted by Crippen LogP contribution is 2.34. The van der Waals surface area contributed by atoms with Gasteiger partial charge in [0.05, 0.1) is 17.2 Å². The number of nitrogens with zero attached hydrogens (tertiary/aromatic N) is 1. The van der Waals surface area contributed by atoms with E-state index in [0.717, 1.165) is 24.3 Å². The molecule has 0 aliphatic heterocycles. The highest BCUT2D eigenvalue weighted by Gasteiger charge is 2.32. The lowest BCUT2D eigenvalue weighted by atomic mass is 9.98. The Morgan fingerprint density at radius 2 is 1.61 bits per heavy atom. The summed E-state index contributed by atoms with van der Waals surface area (Å²) in [5.41, 5.74) is -1.10. The number of halogens is 6. The Kier molecular flexibility index (Phi) is 4.23. The van der Waals surface area contributed by atoms with Gasteiger partial charge in [0.1, 0.15) is 5.75 Å². The minimum Gasteiger partial charge on any atom is -0.406 e. The molecule has 0 N–H and O–H groups in total. The van der Waals surface area contributed by atoms with E-state index in [2.05, 4.69) is 4.74 Å². The van der Waals surface area contributed by atoms with E-state index in [-0.39, 0.29) is 16.7 Å². The minimum absolute atomic E-state index is 0.0770. The second-order valence-corrected chi connectivity index (χ2v) is 4.45. The van der Waals surface area contributed by atoms with Gasteiger partial charge in [0.15, 0.2) is 0 Å². The highest BCUT2D eigenvalue weighted by molar-refractivity contribution is 5.72. The second-order valence-electron chi connectivity index (χ2n) is 4.45. The predicted molar refractivity (Wildman–Crippen MR) is 68.3 cm³/mol. The van der Waals surface area contributed by atoms with E-state index < -0.39 is 23.9 Å². The van der Waals surface area contributed by atoms with Gasteiger partial charge in [-0.3, -0.25) is 0 Å². The maximum Gasteiger partial charge on any atom is 0.573 e. The molecule has 2 rings (SSSR count). The number of hydrogen-bond acceptors (Lipinski definition) is 2. The summed E-state index contributed by atoms with van der Waals surface area (Å²) in [4.78, 5) is 0. The van der Waals surface area contributed by atoms with Gasteiger partial charge in [-0.1, -0.05) is 18.2 Å². The molecular weight excluding hydrogens is 324 g/mol. The van der Waals surface area contributed by atoms with Crippen LogP contribution in [0.2, 0.25) is 0 Å². The van der Waals surface area contributed by atoms with Gasteiger partial charge < -0.3 is 4.74 Å². The third-order valence-electron chi connectivity index (χ3n) is 2.85. The zero-order valence-electron chi connectivity index (χ0n) is 11.2. The largest absolute Gasteiger partial charge is 0.573 e. The molecule has 0 aliphatic rings. The molecule has 2 aromatic rings. The summed E-state index contributed by atoms with van der Waals surface area (Å²) in [7, 11) is 0. The summed E-state index contributed by atoms with van der Waals surface area (Å²) in [5.74, 6) is -0.529. The first-order valence-corrected chi connectivity index (χ1v) is 6.08. The summed E-state index contributed by atoms with van der Waals surface area (Å²) in [6.07, 6.45) is -9.51. The lowest BCUT2D eigenvalue weighted by Gasteiger charge is -2.12. The van der Waals surface area contributed by atoms with Gasteiger partial charge in [0.2, 0.25) is 0 Å². The lowest BCUT2D eigenvalue weighted by Crippen LogP contribution is -2.17. The monoisotopic (exact) mass is 331 g/mol. The molecule has 0 radical (unpaired) electrons. The molecule has 0 amide bonds. The van der Waals surface area contributed by atoms with Gasteiger partial charge in [-0.15, -0.1) is 13.2 Å². The van der Waals surface area contributed by atoms with Gasteiger partial charge in [0, 0.05) is 0 Å². The smallest absolute Gasteiger partial charge is 0.406 e. The zero-order chi connectivity index (χ0) is 17.3. The molecular formula is C15H7F6NO. The van der Waals surface area contributed by atoms with Crippen LogP contribution in [0.1, 0.15) is 11.1 Å². The van der Waals surface area contributed by atoms with Crippen molar-refractivity contribution in [1.29, 1.82) is 5.26 Å². The molecule has 0 saturated carbocycles. The van der Waals surface area contributed by atoms with E-state index in [1.165, 1.54) is 12.1 Å². The van der Waals surface area contributed by atoms with Crippen molar-refractivity contribution in [3.05, 3.63) is 53.6 Å². The summed E-state index contributed by atoms with van der Waals surface area (Å²) in [6, 6.07) is 8.71. The molecule has 0 unspecified atom stereocenters. The Hall–Kier alpha value is -2.69. The molecule has 2 aromatic carbocycles. The molecule has 0 bridgehead atoms. The van der Waals surface area contributed by atoms with Crippen LogP contribution in [0.3, 0.4) is 0 Å². The van der Waals surface area contributed by atoms with Crippen LogP contribution in [-0.4, -0.2) is 6.36 Å². The molecule has 0 fully saturated rings. The molecule has 0 heterocycles. The maximum absolute atomic E-state index is 12.6. The van der Waals surface area contributed by atoms with Crippen LogP contribution in [0.4, 0.5) is 26.3 Å². The standard InChI is InChI=1S/C15H7F6NO/c16-14(17,18)11-4-5-13(10(6-11)8-22)9-2-1-3-12(7-9)23-15(19,20)21/h1-7H. The minimum atomic E-state index is -4.89. The Balaban J connectivity index is 2.47. The van der Waals surface area contributed by atoms with Crippen LogP contribution in [-0.2, 0) is 6.18 Å². The van der Waals surface area contributed by atoms with Crippen LogP contribution in [0.15, 0.2) is 42.5 Å². The first-order chi connectivity index (χ1) is 10.6. The summed E-state index contributed by atoms with van der Waals surface area (Å²) in [5, 5.41) is 9.00. The van der Waals surface area contributed by atoms with Crippen molar-refractivity contribution in [3.63, 3.8) is 0 Å². The van der Waals surface area contributed by atoms with Crippen LogP contribution in [0.25, 0.3) is 11.1 Å². The van der Waals surface area contributed by atoms with E-state index in [9.17, 15) is 26.3 Å². The van der Waals surface area contributed by atoms with Crippen molar-refractivity contribution in [2.45, 2.75) is 12.5 Å². The van der Waals surface area contributed by atoms with E-state index in [0.29, 0.717) is 6.07 Å². The van der Waals surface area contributed by atoms with Crippen molar-refractivity contribution >= 4 is 0 Å². The Morgan fingerprint density at radius 1 is 0.913 bits per heavy atom. The topological polar surface area (TPSA) is 33.0 Å². The van der Waals surface area contributed by atoms with E-state index in [1.54, 1.807) is 6.07 Å². The van der Waals surface area contributed by atoms with Crippen molar-refractivity contribution in [1.82, 2.24) is 0 Å². The SMILES string of the molecule is N#Cc1cc(C(F)(F)F)ccc1-c1cccc(OC(F)(F)F)c1. The van der Waals surface area contributed by atoms with Gasteiger partial charge >= 0.3 is 12.5 Å². The van der Waals surface area contributed by atoms with E-state index >= 15 is 0 Å². The van der Waals surface area contributed by atoms with Gasteiger partial charge in [0.25, 0.3) is 0 Å². The summed E-state index contributed by atoms with van der Waals surface area (Å²) in [6.45, 7) is 0. The number of benzene rings is 2. The molecule has 2 nitrogen and oxygen atoms in total. The molecule has 8 heteroatoms. The van der Waals surface area contributed by atoms with E-state index in [4.69, 9.17) is 5.26 Å². The van der Waals surface area contributed by atoms with Crippen LogP contribution < -0.4 is 4.74 Å². The quantitative estimate of drug-likeness (QED) is 0.714. The molecule has 0 spiro atoms. The van der Waals surface area contributed by atoms with Crippen LogP contribution in [0.5, 0.6) is 5.75 Å². The number of hydrogen-bond donors (Lipinski definition) is 0. The number of nitriles is 1.